The Hall–Kier alpha value is -3.02. The highest BCUT2D eigenvalue weighted by Crippen LogP contribution is 2.27. The van der Waals surface area contributed by atoms with E-state index in [0.717, 1.165) is 12.2 Å². The normalized spacial score (nSPS) is 20.0. The number of rotatable bonds is 7. The van der Waals surface area contributed by atoms with Gasteiger partial charge in [-0.25, -0.2) is 9.78 Å². The summed E-state index contributed by atoms with van der Waals surface area (Å²) in [7, 11) is 0. The fraction of sp³-hybridized carbons (Fsp3) is 0.438. The molecule has 28 heavy (non-hydrogen) atoms. The van der Waals surface area contributed by atoms with Gasteiger partial charge in [0.2, 0.25) is 5.90 Å². The number of aliphatic carboxylic acids is 1. The van der Waals surface area contributed by atoms with Gasteiger partial charge in [-0.1, -0.05) is 0 Å². The van der Waals surface area contributed by atoms with E-state index in [9.17, 15) is 18.0 Å². The van der Waals surface area contributed by atoms with Crippen molar-refractivity contribution in [3.63, 3.8) is 0 Å². The first-order chi connectivity index (χ1) is 13.1. The fourth-order valence-electron chi connectivity index (χ4n) is 2.29. The Bertz CT molecular complexity index is 761. The predicted octanol–water partition coefficient (Wildman–Crippen LogP) is 2.11. The minimum atomic E-state index is -4.57. The number of nitrogens with one attached hydrogen (secondary N) is 3. The quantitative estimate of drug-likeness (QED) is 0.405. The van der Waals surface area contributed by atoms with Crippen LogP contribution in [-0.2, 0) is 20.4 Å². The van der Waals surface area contributed by atoms with E-state index in [1.165, 1.54) is 6.20 Å². The number of carboxylic acid groups (broad SMARTS) is 1. The molecule has 0 unspecified atom stereocenters. The second kappa shape index (κ2) is 9.26. The van der Waals surface area contributed by atoms with Crippen molar-refractivity contribution in [1.29, 1.82) is 10.8 Å². The summed E-state index contributed by atoms with van der Waals surface area (Å²) in [6.07, 6.45) is 0.0592. The fourth-order valence-corrected chi connectivity index (χ4v) is 2.29. The molecule has 2 atom stereocenters. The Kier molecular flexibility index (Phi) is 7.04. The van der Waals surface area contributed by atoms with Crippen LogP contribution < -0.4 is 5.32 Å². The third kappa shape index (κ3) is 6.61. The first-order valence-corrected chi connectivity index (χ1v) is 8.14. The number of alkyl halides is 3. The smallest absolute Gasteiger partial charge is 0.434 e. The van der Waals surface area contributed by atoms with Gasteiger partial charge in [-0.05, 0) is 18.9 Å². The van der Waals surface area contributed by atoms with E-state index in [1.807, 2.05) is 0 Å². The van der Waals surface area contributed by atoms with Crippen LogP contribution in [0.2, 0.25) is 0 Å². The van der Waals surface area contributed by atoms with Crippen LogP contribution in [0.1, 0.15) is 18.5 Å². The standard InChI is InChI=1S/C16H18F3N5O4/c17-16(18,19)12-5-22-6-14(24-12)23-9-1-2-10(27-7-9)8-28-13(21)4-3-11(20)15(25)26/h3-6,9-10,20-21H,1-2,7-8H2,(H,23,24)(H,25,26)/b4-3-,20-11?,21-13?/t9-,10+/m1/s1. The highest BCUT2D eigenvalue weighted by Gasteiger charge is 2.33. The van der Waals surface area contributed by atoms with E-state index in [4.69, 9.17) is 25.4 Å². The summed E-state index contributed by atoms with van der Waals surface area (Å²) in [5.74, 6) is -1.72. The number of carbonyl (C=O) groups is 1. The van der Waals surface area contributed by atoms with Gasteiger partial charge in [0.05, 0.1) is 31.1 Å². The molecule has 1 fully saturated rings. The number of halogens is 3. The minimum Gasteiger partial charge on any atom is -0.477 e. The van der Waals surface area contributed by atoms with Crippen LogP contribution in [-0.4, -0.2) is 58.0 Å². The lowest BCUT2D eigenvalue weighted by molar-refractivity contribution is -0.141. The van der Waals surface area contributed by atoms with Crippen LogP contribution in [0.4, 0.5) is 19.0 Å². The van der Waals surface area contributed by atoms with Crippen molar-refractivity contribution >= 4 is 23.4 Å². The van der Waals surface area contributed by atoms with E-state index < -0.39 is 23.6 Å². The van der Waals surface area contributed by atoms with Crippen LogP contribution in [0, 0.1) is 10.8 Å². The number of hydrogen-bond donors (Lipinski definition) is 4. The van der Waals surface area contributed by atoms with Crippen molar-refractivity contribution in [1.82, 2.24) is 9.97 Å². The number of hydrogen-bond acceptors (Lipinski definition) is 8. The zero-order chi connectivity index (χ0) is 20.7. The van der Waals surface area contributed by atoms with Gasteiger partial charge in [0.1, 0.15) is 18.1 Å². The Balaban J connectivity index is 1.75. The largest absolute Gasteiger partial charge is 0.477 e. The van der Waals surface area contributed by atoms with Crippen molar-refractivity contribution < 1.29 is 32.5 Å². The molecule has 9 nitrogen and oxygen atoms in total. The molecule has 1 aliphatic heterocycles. The Morgan fingerprint density at radius 3 is 2.71 bits per heavy atom. The topological polar surface area (TPSA) is 141 Å². The molecule has 2 heterocycles. The number of anilines is 1. The molecular weight excluding hydrogens is 383 g/mol. The molecule has 1 saturated heterocycles. The molecule has 0 radical (unpaired) electrons. The summed E-state index contributed by atoms with van der Waals surface area (Å²) in [5, 5.41) is 26.0. The predicted molar refractivity (Wildman–Crippen MR) is 91.6 cm³/mol. The Morgan fingerprint density at radius 1 is 1.36 bits per heavy atom. The van der Waals surface area contributed by atoms with Crippen LogP contribution in [0.15, 0.2) is 24.5 Å². The second-order valence-corrected chi connectivity index (χ2v) is 5.89. The molecule has 1 aliphatic rings. The van der Waals surface area contributed by atoms with E-state index in [0.29, 0.717) is 19.0 Å². The van der Waals surface area contributed by atoms with Crippen molar-refractivity contribution in [2.45, 2.75) is 31.2 Å². The Morgan fingerprint density at radius 2 is 2.11 bits per heavy atom. The minimum absolute atomic E-state index is 0.00548. The van der Waals surface area contributed by atoms with Crippen molar-refractivity contribution in [2.75, 3.05) is 18.5 Å². The van der Waals surface area contributed by atoms with E-state index >= 15 is 0 Å². The van der Waals surface area contributed by atoms with Crippen molar-refractivity contribution in [2.24, 2.45) is 0 Å². The molecule has 0 bridgehead atoms. The van der Waals surface area contributed by atoms with Gasteiger partial charge < -0.3 is 19.9 Å². The number of nitrogens with zero attached hydrogens (tertiary/aromatic N) is 2. The molecule has 0 aromatic carbocycles. The highest BCUT2D eigenvalue weighted by molar-refractivity contribution is 6.39. The maximum absolute atomic E-state index is 12.7. The third-order valence-electron chi connectivity index (χ3n) is 3.70. The maximum Gasteiger partial charge on any atom is 0.434 e. The summed E-state index contributed by atoms with van der Waals surface area (Å²) in [4.78, 5) is 17.5. The SMILES string of the molecule is N=C(/C=C\C(=N)C(=O)O)OC[C@@H]1CC[C@@H](Nc2cncc(C(F)(F)F)n2)CO1. The lowest BCUT2D eigenvalue weighted by atomic mass is 10.1. The first-order valence-electron chi connectivity index (χ1n) is 8.14. The number of carboxylic acids is 1. The van der Waals surface area contributed by atoms with Crippen LogP contribution in [0.25, 0.3) is 0 Å². The molecule has 0 amide bonds. The van der Waals surface area contributed by atoms with Crippen LogP contribution >= 0.6 is 0 Å². The number of aromatic nitrogens is 2. The second-order valence-electron chi connectivity index (χ2n) is 5.89. The van der Waals surface area contributed by atoms with Crippen molar-refractivity contribution in [3.8, 4) is 0 Å². The molecule has 2 rings (SSSR count). The molecule has 1 aromatic rings. The summed E-state index contributed by atoms with van der Waals surface area (Å²) >= 11 is 0. The van der Waals surface area contributed by atoms with Gasteiger partial charge in [0.25, 0.3) is 0 Å². The summed E-state index contributed by atoms with van der Waals surface area (Å²) in [6, 6.07) is -0.246. The average molecular weight is 401 g/mol. The molecule has 0 spiro atoms. The van der Waals surface area contributed by atoms with Gasteiger partial charge in [-0.15, -0.1) is 0 Å². The molecule has 0 aliphatic carbocycles. The summed E-state index contributed by atoms with van der Waals surface area (Å²) in [5.41, 5.74) is -1.75. The maximum atomic E-state index is 12.7. The zero-order valence-electron chi connectivity index (χ0n) is 14.5. The van der Waals surface area contributed by atoms with Crippen LogP contribution in [0.3, 0.4) is 0 Å². The lowest BCUT2D eigenvalue weighted by Gasteiger charge is -2.29. The van der Waals surface area contributed by atoms with E-state index in [-0.39, 0.29) is 37.1 Å². The number of ether oxygens (including phenoxy) is 2. The van der Waals surface area contributed by atoms with Gasteiger partial charge in [0, 0.05) is 6.08 Å². The molecule has 12 heteroatoms. The molecule has 152 valence electrons. The molecule has 4 N–H and O–H groups in total. The summed E-state index contributed by atoms with van der Waals surface area (Å²) < 4.78 is 48.7. The summed E-state index contributed by atoms with van der Waals surface area (Å²) in [6.45, 7) is 0.262. The molecular formula is C16H18F3N5O4. The van der Waals surface area contributed by atoms with E-state index in [1.54, 1.807) is 0 Å². The third-order valence-corrected chi connectivity index (χ3v) is 3.70. The van der Waals surface area contributed by atoms with Crippen LogP contribution in [0.5, 0.6) is 0 Å². The Labute approximate surface area is 157 Å². The molecule has 0 saturated carbocycles. The average Bonchev–Trinajstić information content (AvgIpc) is 2.65. The van der Waals surface area contributed by atoms with E-state index in [2.05, 4.69) is 15.3 Å². The highest BCUT2D eigenvalue weighted by atomic mass is 19.4. The van der Waals surface area contributed by atoms with Gasteiger partial charge in [0.15, 0.2) is 5.69 Å². The molecule has 1 aromatic heterocycles. The lowest BCUT2D eigenvalue weighted by Crippen LogP contribution is -2.37. The van der Waals surface area contributed by atoms with Crippen molar-refractivity contribution in [3.05, 3.63) is 30.2 Å². The zero-order valence-corrected chi connectivity index (χ0v) is 14.5. The first kappa shape index (κ1) is 21.3. The van der Waals surface area contributed by atoms with Gasteiger partial charge in [-0.2, -0.15) is 13.2 Å². The monoisotopic (exact) mass is 401 g/mol. The van der Waals surface area contributed by atoms with Gasteiger partial charge >= 0.3 is 12.1 Å². The van der Waals surface area contributed by atoms with Gasteiger partial charge in [-0.3, -0.25) is 15.8 Å².